The zero-order valence-electron chi connectivity index (χ0n) is 26.7. The smallest absolute Gasteiger partial charge is 0.442 e. The molecule has 2 fully saturated rings. The third-order valence-electron chi connectivity index (χ3n) is 8.17. The van der Waals surface area contributed by atoms with E-state index in [1.807, 2.05) is 37.4 Å². The van der Waals surface area contributed by atoms with Crippen molar-refractivity contribution in [2.45, 2.75) is 65.7 Å². The highest BCUT2D eigenvalue weighted by Gasteiger charge is 2.25. The molecule has 10 nitrogen and oxygen atoms in total. The summed E-state index contributed by atoms with van der Waals surface area (Å²) in [6.07, 6.45) is 6.59. The van der Waals surface area contributed by atoms with Crippen LogP contribution in [0.4, 0.5) is 22.1 Å². The highest BCUT2D eigenvalue weighted by Crippen LogP contribution is 2.36. The molecule has 2 aromatic carbocycles. The highest BCUT2D eigenvalue weighted by molar-refractivity contribution is 7.94. The molecule has 0 aliphatic carbocycles. The Morgan fingerprint density at radius 3 is 2.53 bits per heavy atom. The van der Waals surface area contributed by atoms with Gasteiger partial charge in [-0.1, -0.05) is 12.1 Å². The van der Waals surface area contributed by atoms with Gasteiger partial charge in [-0.2, -0.15) is 0 Å². The van der Waals surface area contributed by atoms with Crippen molar-refractivity contribution in [3.63, 3.8) is 0 Å². The Bertz CT molecular complexity index is 1820. The van der Waals surface area contributed by atoms with Gasteiger partial charge in [-0.05, 0) is 95.3 Å². The second kappa shape index (κ2) is 12.4. The molecule has 0 bridgehead atoms. The molecule has 0 radical (unpaired) electrons. The van der Waals surface area contributed by atoms with Gasteiger partial charge in [0, 0.05) is 65.9 Å². The van der Waals surface area contributed by atoms with Gasteiger partial charge < -0.3 is 24.3 Å². The second-order valence-electron chi connectivity index (χ2n) is 12.9. The van der Waals surface area contributed by atoms with Crippen molar-refractivity contribution in [3.8, 4) is 11.3 Å². The van der Waals surface area contributed by atoms with Crippen molar-refractivity contribution < 1.29 is 18.5 Å². The van der Waals surface area contributed by atoms with Crippen LogP contribution < -0.4 is 10.2 Å². The molecule has 2 aliphatic rings. The molecule has 2 aliphatic heterocycles. The van der Waals surface area contributed by atoms with E-state index in [2.05, 4.69) is 55.5 Å². The summed E-state index contributed by atoms with van der Waals surface area (Å²) in [7, 11) is -2.63. The van der Waals surface area contributed by atoms with Gasteiger partial charge in [0.2, 0.25) is 5.95 Å². The number of carbonyl (C=O) groups excluding carboxylic acids is 1. The molecule has 2 aromatic heterocycles. The summed E-state index contributed by atoms with van der Waals surface area (Å²) < 4.78 is 30.7. The topological polar surface area (TPSA) is 111 Å². The maximum atomic E-state index is 13.1. The first-order valence-corrected chi connectivity index (χ1v) is 17.5. The lowest BCUT2D eigenvalue weighted by molar-refractivity contribution is -0.0291. The van der Waals surface area contributed by atoms with Gasteiger partial charge in [-0.15, -0.1) is 4.36 Å². The average Bonchev–Trinajstić information content (AvgIpc) is 3.36. The van der Waals surface area contributed by atoms with E-state index in [0.717, 1.165) is 65.0 Å². The molecule has 45 heavy (non-hydrogen) atoms. The molecule has 4 heterocycles. The van der Waals surface area contributed by atoms with E-state index in [-0.39, 0.29) is 6.23 Å². The fraction of sp³-hybridized carbons (Fsp3) is 0.441. The number of nitrogens with zero attached hydrogens (tertiary/aromatic N) is 5. The van der Waals surface area contributed by atoms with Crippen LogP contribution in [0.2, 0.25) is 0 Å². The number of rotatable bonds is 5. The average molecular weight is 631 g/mol. The first-order valence-electron chi connectivity index (χ1n) is 15.6. The van der Waals surface area contributed by atoms with Crippen LogP contribution in [-0.4, -0.2) is 61.6 Å². The van der Waals surface area contributed by atoms with E-state index in [4.69, 9.17) is 14.5 Å². The van der Waals surface area contributed by atoms with Crippen molar-refractivity contribution >= 4 is 44.0 Å². The Labute approximate surface area is 265 Å². The Kier molecular flexibility index (Phi) is 8.58. The summed E-state index contributed by atoms with van der Waals surface area (Å²) in [5.74, 6) is 1.15. The van der Waals surface area contributed by atoms with Gasteiger partial charge in [-0.25, -0.2) is 19.0 Å². The molecular formula is C34H42N6O4S. The third kappa shape index (κ3) is 7.15. The Balaban J connectivity index is 1.18. The predicted octanol–water partition coefficient (Wildman–Crippen LogP) is 7.38. The highest BCUT2D eigenvalue weighted by atomic mass is 32.2. The molecule has 0 spiro atoms. The van der Waals surface area contributed by atoms with Crippen LogP contribution in [0.3, 0.4) is 0 Å². The molecule has 1 unspecified atom stereocenters. The summed E-state index contributed by atoms with van der Waals surface area (Å²) in [5, 5.41) is 4.52. The largest absolute Gasteiger partial charge is 0.442 e. The van der Waals surface area contributed by atoms with Crippen LogP contribution >= 0.6 is 0 Å². The molecule has 1 N–H and O–H groups in total. The molecule has 4 aromatic rings. The Morgan fingerprint density at radius 2 is 1.84 bits per heavy atom. The van der Waals surface area contributed by atoms with E-state index in [9.17, 15) is 9.00 Å². The van der Waals surface area contributed by atoms with Gasteiger partial charge >= 0.3 is 6.09 Å². The van der Waals surface area contributed by atoms with E-state index in [1.165, 1.54) is 5.56 Å². The minimum absolute atomic E-state index is 0.0285. The number of hydrogen-bond donors (Lipinski definition) is 1. The Hall–Kier alpha value is -3.96. The minimum Gasteiger partial charge on any atom is -0.442 e. The number of aryl methyl sites for hydroxylation is 2. The van der Waals surface area contributed by atoms with E-state index >= 15 is 0 Å². The zero-order chi connectivity index (χ0) is 31.8. The summed E-state index contributed by atoms with van der Waals surface area (Å²) in [6.45, 7) is 11.3. The van der Waals surface area contributed by atoms with Crippen molar-refractivity contribution in [1.82, 2.24) is 14.5 Å². The summed E-state index contributed by atoms with van der Waals surface area (Å²) in [5.41, 5.74) is 6.54. The number of anilines is 3. The predicted molar refractivity (Wildman–Crippen MR) is 180 cm³/mol. The van der Waals surface area contributed by atoms with E-state index < -0.39 is 21.4 Å². The molecule has 1 atom stereocenters. The van der Waals surface area contributed by atoms with Crippen LogP contribution in [0.15, 0.2) is 59.2 Å². The van der Waals surface area contributed by atoms with Crippen molar-refractivity contribution in [2.24, 2.45) is 4.36 Å². The van der Waals surface area contributed by atoms with Crippen molar-refractivity contribution in [1.29, 1.82) is 0 Å². The molecule has 238 valence electrons. The van der Waals surface area contributed by atoms with E-state index in [1.54, 1.807) is 20.8 Å². The SMILES string of the molecule is Cc1ccc2c(-c3nc(Nc4ccc(N5CCS(=O)(=NC(=O)OC(C)(C)C)CC5)cc4)ncc3C)cn(C3CCCCO3)c2c1. The molecular weight excluding hydrogens is 588 g/mol. The van der Waals surface area contributed by atoms with E-state index in [0.29, 0.717) is 30.5 Å². The standard InChI is InChI=1S/C34H42N6O4S/c1-23-9-14-27-28(22-40(29(27)20-23)30-8-6-7-17-43-30)31-24(2)21-35-32(37-31)36-25-10-12-26(13-11-25)39-15-18-45(42,19-16-39)38-33(41)44-34(3,4)5/h9-14,20-22,30H,6-8,15-19H2,1-5H3,(H,35,36,37). The number of carbonyl (C=O) groups is 1. The monoisotopic (exact) mass is 630 g/mol. The molecule has 0 saturated carbocycles. The van der Waals surface area contributed by atoms with Crippen LogP contribution in [0, 0.1) is 13.8 Å². The van der Waals surface area contributed by atoms with Crippen molar-refractivity contribution in [2.75, 3.05) is 41.4 Å². The Morgan fingerprint density at radius 1 is 1.09 bits per heavy atom. The van der Waals surface area contributed by atoms with Crippen LogP contribution in [0.5, 0.6) is 0 Å². The molecule has 1 amide bonds. The maximum Gasteiger partial charge on any atom is 0.442 e. The minimum atomic E-state index is -2.63. The quantitative estimate of drug-likeness (QED) is 0.243. The number of hydrogen-bond acceptors (Lipinski definition) is 8. The van der Waals surface area contributed by atoms with Gasteiger partial charge in [0.25, 0.3) is 0 Å². The number of aromatic nitrogens is 3. The lowest BCUT2D eigenvalue weighted by atomic mass is 10.1. The zero-order valence-corrected chi connectivity index (χ0v) is 27.5. The van der Waals surface area contributed by atoms with Crippen molar-refractivity contribution in [3.05, 3.63) is 66.0 Å². The number of nitrogens with one attached hydrogen (secondary N) is 1. The fourth-order valence-corrected chi connectivity index (χ4v) is 7.58. The van der Waals surface area contributed by atoms with Crippen LogP contribution in [0.25, 0.3) is 22.2 Å². The number of amides is 1. The summed E-state index contributed by atoms with van der Waals surface area (Å²) in [6, 6.07) is 14.6. The first-order chi connectivity index (χ1) is 21.5. The lowest BCUT2D eigenvalue weighted by Crippen LogP contribution is -2.40. The van der Waals surface area contributed by atoms with Crippen LogP contribution in [0.1, 0.15) is 57.4 Å². The molecule has 11 heteroatoms. The first kappa shape index (κ1) is 31.0. The lowest BCUT2D eigenvalue weighted by Gasteiger charge is -2.30. The molecule has 2 saturated heterocycles. The summed E-state index contributed by atoms with van der Waals surface area (Å²) in [4.78, 5) is 23.8. The fourth-order valence-electron chi connectivity index (χ4n) is 5.88. The molecule has 6 rings (SSSR count). The normalized spacial score (nSPS) is 18.5. The van der Waals surface area contributed by atoms with Gasteiger partial charge in [0.15, 0.2) is 0 Å². The van der Waals surface area contributed by atoms with Gasteiger partial charge in [-0.3, -0.25) is 0 Å². The maximum absolute atomic E-state index is 13.1. The second-order valence-corrected chi connectivity index (χ2v) is 15.5. The van der Waals surface area contributed by atoms with Crippen LogP contribution in [-0.2, 0) is 19.2 Å². The van der Waals surface area contributed by atoms with Gasteiger partial charge in [0.05, 0.1) is 20.9 Å². The summed E-state index contributed by atoms with van der Waals surface area (Å²) >= 11 is 0. The van der Waals surface area contributed by atoms with Gasteiger partial charge in [0.1, 0.15) is 11.8 Å². The number of fused-ring (bicyclic) bond motifs is 1. The number of ether oxygens (including phenoxy) is 2. The third-order valence-corrected chi connectivity index (χ3v) is 10.3. The number of benzene rings is 2.